The van der Waals surface area contributed by atoms with Gasteiger partial charge in [-0.05, 0) is 61.7 Å². The first-order chi connectivity index (χ1) is 13.5. The van der Waals surface area contributed by atoms with Gasteiger partial charge in [0, 0.05) is 28.6 Å². The molecule has 2 aromatic carbocycles. The van der Waals surface area contributed by atoms with Crippen LogP contribution in [0.1, 0.15) is 24.4 Å². The molecule has 2 aromatic heterocycles. The van der Waals surface area contributed by atoms with E-state index in [0.29, 0.717) is 16.6 Å². The normalized spacial score (nSPS) is 14.0. The van der Waals surface area contributed by atoms with E-state index in [4.69, 9.17) is 0 Å². The molecule has 28 heavy (non-hydrogen) atoms. The van der Waals surface area contributed by atoms with Crippen molar-refractivity contribution in [3.63, 3.8) is 0 Å². The maximum Gasteiger partial charge on any atom is 0.160 e. The van der Waals surface area contributed by atoms with E-state index >= 15 is 0 Å². The van der Waals surface area contributed by atoms with Crippen LogP contribution in [0.4, 0.5) is 13.2 Å². The summed E-state index contributed by atoms with van der Waals surface area (Å²) in [7, 11) is 0. The second-order valence-corrected chi connectivity index (χ2v) is 7.24. The van der Waals surface area contributed by atoms with Crippen LogP contribution in [-0.2, 0) is 0 Å². The van der Waals surface area contributed by atoms with Crippen LogP contribution in [0.15, 0.2) is 48.7 Å². The number of hydrogen-bond acceptors (Lipinski definition) is 2. The molecule has 6 heteroatoms. The molecule has 1 saturated carbocycles. The highest BCUT2D eigenvalue weighted by molar-refractivity contribution is 5.88. The van der Waals surface area contributed by atoms with Gasteiger partial charge in [-0.25, -0.2) is 13.2 Å². The number of benzene rings is 2. The molecule has 140 valence electrons. The quantitative estimate of drug-likeness (QED) is 0.449. The summed E-state index contributed by atoms with van der Waals surface area (Å²) in [5.74, 6) is -2.01. The van der Waals surface area contributed by atoms with Crippen molar-refractivity contribution in [3.8, 4) is 22.5 Å². The Morgan fingerprint density at radius 3 is 2.50 bits per heavy atom. The van der Waals surface area contributed by atoms with E-state index in [-0.39, 0.29) is 11.9 Å². The van der Waals surface area contributed by atoms with Crippen molar-refractivity contribution in [1.29, 1.82) is 0 Å². The lowest BCUT2D eigenvalue weighted by Crippen LogP contribution is -1.99. The number of hydrogen-bond donors (Lipinski definition) is 0. The minimum absolute atomic E-state index is 0.265. The van der Waals surface area contributed by atoms with Crippen molar-refractivity contribution in [2.24, 2.45) is 0 Å². The van der Waals surface area contributed by atoms with Gasteiger partial charge in [0.05, 0.1) is 23.1 Å². The highest BCUT2D eigenvalue weighted by Gasteiger charge is 2.28. The fraction of sp³-hybridized carbons (Fsp3) is 0.182. The fourth-order valence-corrected chi connectivity index (χ4v) is 3.72. The molecular formula is C22H16F3N3. The summed E-state index contributed by atoms with van der Waals surface area (Å²) < 4.78 is 43.1. The van der Waals surface area contributed by atoms with Gasteiger partial charge in [-0.3, -0.25) is 0 Å². The van der Waals surface area contributed by atoms with Crippen LogP contribution in [0.2, 0.25) is 0 Å². The highest BCUT2D eigenvalue weighted by Crippen LogP contribution is 2.43. The van der Waals surface area contributed by atoms with Gasteiger partial charge >= 0.3 is 0 Å². The smallest absolute Gasteiger partial charge is 0.160 e. The van der Waals surface area contributed by atoms with E-state index in [1.165, 1.54) is 24.3 Å². The second kappa shape index (κ2) is 6.19. The van der Waals surface area contributed by atoms with E-state index in [1.807, 2.05) is 19.1 Å². The standard InChI is InChI=1S/C22H16F3N3/c1-12-6-15(23)2-5-17(12)20-8-14(11-26-27-20)21-9-13-7-18(24)19(25)10-22(13)28(21)16-3-4-16/h2,5-11,16H,3-4H2,1H3. The van der Waals surface area contributed by atoms with Crippen molar-refractivity contribution >= 4 is 10.9 Å². The molecule has 0 radical (unpaired) electrons. The van der Waals surface area contributed by atoms with Crippen LogP contribution in [0.3, 0.4) is 0 Å². The molecule has 0 spiro atoms. The Morgan fingerprint density at radius 2 is 1.75 bits per heavy atom. The van der Waals surface area contributed by atoms with Crippen molar-refractivity contribution in [2.45, 2.75) is 25.8 Å². The monoisotopic (exact) mass is 379 g/mol. The Bertz CT molecular complexity index is 1230. The number of rotatable bonds is 3. The molecular weight excluding hydrogens is 363 g/mol. The molecule has 0 bridgehead atoms. The topological polar surface area (TPSA) is 30.7 Å². The minimum Gasteiger partial charge on any atom is -0.337 e. The molecule has 3 nitrogen and oxygen atoms in total. The number of aryl methyl sites for hydroxylation is 1. The van der Waals surface area contributed by atoms with Crippen molar-refractivity contribution in [1.82, 2.24) is 14.8 Å². The summed E-state index contributed by atoms with van der Waals surface area (Å²) >= 11 is 0. The van der Waals surface area contributed by atoms with E-state index in [1.54, 1.807) is 12.3 Å². The van der Waals surface area contributed by atoms with E-state index in [2.05, 4.69) is 14.8 Å². The van der Waals surface area contributed by atoms with Crippen LogP contribution in [0.25, 0.3) is 33.4 Å². The van der Waals surface area contributed by atoms with Crippen LogP contribution in [0, 0.1) is 24.4 Å². The minimum atomic E-state index is -0.859. The molecule has 0 amide bonds. The molecule has 0 atom stereocenters. The molecule has 4 aromatic rings. The maximum atomic E-state index is 13.8. The molecule has 0 unspecified atom stereocenters. The Hall–Kier alpha value is -3.15. The van der Waals surface area contributed by atoms with Crippen LogP contribution >= 0.6 is 0 Å². The van der Waals surface area contributed by atoms with Crippen LogP contribution < -0.4 is 0 Å². The lowest BCUT2D eigenvalue weighted by Gasteiger charge is -2.11. The Labute approximate surface area is 159 Å². The predicted molar refractivity (Wildman–Crippen MR) is 101 cm³/mol. The van der Waals surface area contributed by atoms with Gasteiger partial charge in [0.25, 0.3) is 0 Å². The lowest BCUT2D eigenvalue weighted by atomic mass is 10.0. The Morgan fingerprint density at radius 1 is 0.964 bits per heavy atom. The van der Waals surface area contributed by atoms with Crippen LogP contribution in [-0.4, -0.2) is 14.8 Å². The SMILES string of the molecule is Cc1cc(F)ccc1-c1cc(-c2cc3cc(F)c(F)cc3n2C2CC2)cnn1. The van der Waals surface area contributed by atoms with Gasteiger partial charge < -0.3 is 4.57 Å². The van der Waals surface area contributed by atoms with Crippen LogP contribution in [0.5, 0.6) is 0 Å². The van der Waals surface area contributed by atoms with Gasteiger partial charge in [-0.2, -0.15) is 10.2 Å². The third-order valence-corrected chi connectivity index (χ3v) is 5.21. The third-order valence-electron chi connectivity index (χ3n) is 5.21. The molecule has 0 saturated heterocycles. The zero-order valence-corrected chi connectivity index (χ0v) is 15.1. The first-order valence-corrected chi connectivity index (χ1v) is 9.11. The lowest BCUT2D eigenvalue weighted by molar-refractivity contribution is 0.510. The first kappa shape index (κ1) is 17.0. The molecule has 5 rings (SSSR count). The molecule has 1 aliphatic rings. The van der Waals surface area contributed by atoms with Gasteiger partial charge in [0.1, 0.15) is 5.82 Å². The number of halogens is 3. The summed E-state index contributed by atoms with van der Waals surface area (Å²) in [4.78, 5) is 0. The number of aromatic nitrogens is 3. The molecule has 0 aliphatic heterocycles. The zero-order valence-electron chi connectivity index (χ0n) is 15.1. The summed E-state index contributed by atoms with van der Waals surface area (Å²) in [6.07, 6.45) is 3.64. The van der Waals surface area contributed by atoms with Crippen molar-refractivity contribution in [2.75, 3.05) is 0 Å². The Kier molecular flexibility index (Phi) is 3.75. The molecule has 1 aliphatic carbocycles. The largest absolute Gasteiger partial charge is 0.337 e. The highest BCUT2D eigenvalue weighted by atomic mass is 19.2. The second-order valence-electron chi connectivity index (χ2n) is 7.24. The average Bonchev–Trinajstić information content (AvgIpc) is 3.44. The maximum absolute atomic E-state index is 13.8. The van der Waals surface area contributed by atoms with E-state index < -0.39 is 11.6 Å². The molecule has 1 fully saturated rings. The summed E-state index contributed by atoms with van der Waals surface area (Å²) in [5.41, 5.74) is 4.50. The van der Waals surface area contributed by atoms with Crippen molar-refractivity contribution in [3.05, 3.63) is 71.7 Å². The predicted octanol–water partition coefficient (Wildman–Crippen LogP) is 5.83. The summed E-state index contributed by atoms with van der Waals surface area (Å²) in [5, 5.41) is 8.97. The van der Waals surface area contributed by atoms with Gasteiger partial charge in [0.2, 0.25) is 0 Å². The Balaban J connectivity index is 1.69. The third kappa shape index (κ3) is 2.76. The molecule has 2 heterocycles. The van der Waals surface area contributed by atoms with Gasteiger partial charge in [-0.15, -0.1) is 0 Å². The summed E-state index contributed by atoms with van der Waals surface area (Å²) in [6.45, 7) is 1.82. The first-order valence-electron chi connectivity index (χ1n) is 9.11. The van der Waals surface area contributed by atoms with Gasteiger partial charge in [-0.1, -0.05) is 0 Å². The average molecular weight is 379 g/mol. The fourth-order valence-electron chi connectivity index (χ4n) is 3.72. The number of fused-ring (bicyclic) bond motifs is 1. The van der Waals surface area contributed by atoms with E-state index in [0.717, 1.165) is 35.2 Å². The van der Waals surface area contributed by atoms with Gasteiger partial charge in [0.15, 0.2) is 11.6 Å². The number of nitrogens with zero attached hydrogens (tertiary/aromatic N) is 3. The zero-order chi connectivity index (χ0) is 19.4. The molecule has 0 N–H and O–H groups in total. The van der Waals surface area contributed by atoms with E-state index in [9.17, 15) is 13.2 Å². The van der Waals surface area contributed by atoms with Crippen molar-refractivity contribution < 1.29 is 13.2 Å². The summed E-state index contributed by atoms with van der Waals surface area (Å²) in [6, 6.07) is 11.0.